The SMILES string of the molecule is CC#C[C@]1(O)CC[C@H]2[C@@H]3C=CC4=CC(=O)CC[C@@H]4[C@H]3[C@@H](c3ccc(N(C)C)c(Br)c3)C[C@@]21C. The van der Waals surface area contributed by atoms with Crippen molar-refractivity contribution in [3.05, 3.63) is 52.0 Å². The quantitative estimate of drug-likeness (QED) is 0.508. The van der Waals surface area contributed by atoms with Gasteiger partial charge in [0.25, 0.3) is 0 Å². The number of rotatable bonds is 2. The molecule has 174 valence electrons. The molecule has 0 bridgehead atoms. The number of hydrogen-bond acceptors (Lipinski definition) is 3. The van der Waals surface area contributed by atoms with E-state index in [0.29, 0.717) is 36.0 Å². The lowest BCUT2D eigenvalue weighted by Gasteiger charge is -2.56. The van der Waals surface area contributed by atoms with E-state index >= 15 is 0 Å². The van der Waals surface area contributed by atoms with Crippen LogP contribution in [0.5, 0.6) is 0 Å². The number of anilines is 1. The highest BCUT2D eigenvalue weighted by Crippen LogP contribution is 2.67. The lowest BCUT2D eigenvalue weighted by atomic mass is 9.48. The van der Waals surface area contributed by atoms with Crippen molar-refractivity contribution in [1.29, 1.82) is 0 Å². The number of nitrogens with zero attached hydrogens (tertiary/aromatic N) is 1. The minimum atomic E-state index is -0.942. The van der Waals surface area contributed by atoms with Crippen LogP contribution in [0, 0.1) is 40.9 Å². The topological polar surface area (TPSA) is 40.5 Å². The van der Waals surface area contributed by atoms with Crippen LogP contribution in [-0.4, -0.2) is 30.6 Å². The molecule has 7 atom stereocenters. The molecule has 0 unspecified atom stereocenters. The minimum absolute atomic E-state index is 0.257. The summed E-state index contributed by atoms with van der Waals surface area (Å²) in [6, 6.07) is 6.77. The van der Waals surface area contributed by atoms with E-state index in [1.807, 2.05) is 13.0 Å². The van der Waals surface area contributed by atoms with Crippen LogP contribution in [0.15, 0.2) is 46.5 Å². The van der Waals surface area contributed by atoms with Crippen LogP contribution in [-0.2, 0) is 4.79 Å². The molecule has 0 aliphatic heterocycles. The second-order valence-electron chi connectivity index (χ2n) is 11.0. The second-order valence-corrected chi connectivity index (χ2v) is 11.8. The van der Waals surface area contributed by atoms with Crippen molar-refractivity contribution in [2.45, 2.75) is 57.5 Å². The summed E-state index contributed by atoms with van der Waals surface area (Å²) in [6.07, 6.45) is 10.7. The molecule has 1 aromatic carbocycles. The Morgan fingerprint density at radius 3 is 2.70 bits per heavy atom. The van der Waals surface area contributed by atoms with Gasteiger partial charge in [-0.25, -0.2) is 0 Å². The van der Waals surface area contributed by atoms with Crippen molar-refractivity contribution in [3.63, 3.8) is 0 Å². The predicted molar refractivity (Wildman–Crippen MR) is 137 cm³/mol. The zero-order chi connectivity index (χ0) is 23.5. The number of benzene rings is 1. The Labute approximate surface area is 206 Å². The standard InChI is InChI=1S/C29H34BrNO2/c1-5-13-29(33)14-12-24-22-9-6-18-15-20(32)8-10-21(18)27(22)23(17-28(24,29)2)19-7-11-26(31(3)4)25(30)16-19/h6-7,9,11,15-16,21-24,27,33H,8,10,12,14,17H2,1-4H3/t21-,22-,23+,24-,27+,28-,29-/m0/s1. The van der Waals surface area contributed by atoms with E-state index in [1.54, 1.807) is 0 Å². The summed E-state index contributed by atoms with van der Waals surface area (Å²) < 4.78 is 1.10. The molecule has 2 fully saturated rings. The van der Waals surface area contributed by atoms with Gasteiger partial charge in [-0.15, -0.1) is 5.92 Å². The zero-order valence-electron chi connectivity index (χ0n) is 20.1. The molecule has 0 heterocycles. The van der Waals surface area contributed by atoms with E-state index in [1.165, 1.54) is 11.1 Å². The maximum Gasteiger partial charge on any atom is 0.155 e. The molecule has 0 saturated heterocycles. The summed E-state index contributed by atoms with van der Waals surface area (Å²) in [5.41, 5.74) is 2.50. The number of ketones is 1. The third-order valence-corrected chi connectivity index (χ3v) is 9.88. The Bertz CT molecular complexity index is 1110. The van der Waals surface area contributed by atoms with Gasteiger partial charge in [-0.3, -0.25) is 4.79 Å². The van der Waals surface area contributed by atoms with Crippen LogP contribution in [0.1, 0.15) is 57.4 Å². The van der Waals surface area contributed by atoms with Crippen molar-refractivity contribution >= 4 is 27.4 Å². The summed E-state index contributed by atoms with van der Waals surface area (Å²) in [4.78, 5) is 14.3. The first-order valence-electron chi connectivity index (χ1n) is 12.2. The first-order chi connectivity index (χ1) is 15.7. The molecule has 1 N–H and O–H groups in total. The monoisotopic (exact) mass is 507 g/mol. The Morgan fingerprint density at radius 2 is 2.00 bits per heavy atom. The number of allylic oxidation sites excluding steroid dienone is 4. The highest BCUT2D eigenvalue weighted by molar-refractivity contribution is 9.10. The van der Waals surface area contributed by atoms with Gasteiger partial charge in [0.05, 0.1) is 5.69 Å². The Hall–Kier alpha value is -1.83. The molecule has 33 heavy (non-hydrogen) atoms. The molecule has 3 nitrogen and oxygen atoms in total. The normalized spacial score (nSPS) is 39.0. The molecule has 0 aromatic heterocycles. The van der Waals surface area contributed by atoms with Crippen LogP contribution in [0.4, 0.5) is 5.69 Å². The van der Waals surface area contributed by atoms with E-state index < -0.39 is 5.60 Å². The molecule has 0 radical (unpaired) electrons. The number of carbonyl (C=O) groups excluding carboxylic acids is 1. The van der Waals surface area contributed by atoms with Gasteiger partial charge in [0.1, 0.15) is 5.60 Å². The summed E-state index contributed by atoms with van der Waals surface area (Å²) in [5, 5.41) is 11.8. The van der Waals surface area contributed by atoms with Gasteiger partial charge in [-0.1, -0.05) is 31.1 Å². The van der Waals surface area contributed by atoms with Crippen molar-refractivity contribution in [2.75, 3.05) is 19.0 Å². The second kappa shape index (κ2) is 8.14. The van der Waals surface area contributed by atoms with Crippen molar-refractivity contribution < 1.29 is 9.90 Å². The molecular formula is C29H34BrNO2. The van der Waals surface area contributed by atoms with Gasteiger partial charge in [-0.2, -0.15) is 0 Å². The summed E-state index contributed by atoms with van der Waals surface area (Å²) >= 11 is 3.81. The van der Waals surface area contributed by atoms with E-state index in [2.05, 4.69) is 84.0 Å². The van der Waals surface area contributed by atoms with Gasteiger partial charge in [0.2, 0.25) is 0 Å². The van der Waals surface area contributed by atoms with E-state index in [-0.39, 0.29) is 11.2 Å². The lowest BCUT2D eigenvalue weighted by molar-refractivity contribution is -0.116. The number of aliphatic hydroxyl groups is 1. The molecule has 4 heteroatoms. The molecule has 0 spiro atoms. The Morgan fingerprint density at radius 1 is 1.21 bits per heavy atom. The number of fused-ring (bicyclic) bond motifs is 5. The van der Waals surface area contributed by atoms with Crippen LogP contribution >= 0.6 is 15.9 Å². The maximum atomic E-state index is 12.2. The molecular weight excluding hydrogens is 474 g/mol. The molecule has 4 aliphatic rings. The first-order valence-corrected chi connectivity index (χ1v) is 13.0. The lowest BCUT2D eigenvalue weighted by Crippen LogP contribution is -2.54. The maximum absolute atomic E-state index is 12.2. The van der Waals surface area contributed by atoms with Gasteiger partial charge in [-0.05, 0) is 107 Å². The molecule has 4 aliphatic carbocycles. The number of carbonyl (C=O) groups is 1. The van der Waals surface area contributed by atoms with Gasteiger partial charge in [0.15, 0.2) is 5.78 Å². The fraction of sp³-hybridized carbons (Fsp3) is 0.552. The van der Waals surface area contributed by atoms with E-state index in [9.17, 15) is 9.90 Å². The fourth-order valence-electron chi connectivity index (χ4n) is 7.66. The van der Waals surface area contributed by atoms with Crippen molar-refractivity contribution in [2.24, 2.45) is 29.1 Å². The van der Waals surface area contributed by atoms with Gasteiger partial charge >= 0.3 is 0 Å². The molecule has 5 rings (SSSR count). The highest BCUT2D eigenvalue weighted by atomic mass is 79.9. The third kappa shape index (κ3) is 3.46. The van der Waals surface area contributed by atoms with Crippen LogP contribution in [0.2, 0.25) is 0 Å². The third-order valence-electron chi connectivity index (χ3n) is 9.24. The molecule has 2 saturated carbocycles. The Kier molecular flexibility index (Phi) is 5.66. The molecule has 1 aromatic rings. The number of halogens is 1. The highest BCUT2D eigenvalue weighted by Gasteiger charge is 2.64. The first kappa shape index (κ1) is 22.9. The predicted octanol–water partition coefficient (Wildman–Crippen LogP) is 5.88. The fourth-order valence-corrected chi connectivity index (χ4v) is 8.41. The van der Waals surface area contributed by atoms with Crippen LogP contribution in [0.3, 0.4) is 0 Å². The largest absolute Gasteiger partial charge is 0.377 e. The number of hydrogen-bond donors (Lipinski definition) is 1. The van der Waals surface area contributed by atoms with Gasteiger partial charge < -0.3 is 10.0 Å². The Balaban J connectivity index is 1.65. The van der Waals surface area contributed by atoms with E-state index in [0.717, 1.165) is 35.8 Å². The average molecular weight is 509 g/mol. The van der Waals surface area contributed by atoms with E-state index in [4.69, 9.17) is 0 Å². The smallest absolute Gasteiger partial charge is 0.155 e. The molecule has 0 amide bonds. The summed E-state index contributed by atoms with van der Waals surface area (Å²) in [5.74, 6) is 8.49. The average Bonchev–Trinajstić information content (AvgIpc) is 3.03. The van der Waals surface area contributed by atoms with Crippen LogP contribution < -0.4 is 4.90 Å². The van der Waals surface area contributed by atoms with Crippen LogP contribution in [0.25, 0.3) is 0 Å². The van der Waals surface area contributed by atoms with Gasteiger partial charge in [0, 0.05) is 30.4 Å². The van der Waals surface area contributed by atoms with Crippen molar-refractivity contribution in [3.8, 4) is 11.8 Å². The summed E-state index contributed by atoms with van der Waals surface area (Å²) in [6.45, 7) is 4.12. The van der Waals surface area contributed by atoms with Crippen molar-refractivity contribution in [1.82, 2.24) is 0 Å². The minimum Gasteiger partial charge on any atom is -0.377 e. The summed E-state index contributed by atoms with van der Waals surface area (Å²) in [7, 11) is 4.12. The zero-order valence-corrected chi connectivity index (χ0v) is 21.7.